The molecule has 0 radical (unpaired) electrons. The minimum absolute atomic E-state index is 0.331. The van der Waals surface area contributed by atoms with Crippen molar-refractivity contribution >= 4 is 17.4 Å². The van der Waals surface area contributed by atoms with E-state index in [9.17, 15) is 4.79 Å². The van der Waals surface area contributed by atoms with E-state index in [1.165, 1.54) is 6.20 Å². The molecule has 3 heterocycles. The van der Waals surface area contributed by atoms with Crippen LogP contribution in [0.5, 0.6) is 0 Å². The first kappa shape index (κ1) is 12.9. The van der Waals surface area contributed by atoms with E-state index in [0.29, 0.717) is 23.2 Å². The van der Waals surface area contributed by atoms with Crippen molar-refractivity contribution < 1.29 is 9.53 Å². The molecule has 1 aliphatic heterocycles. The second-order valence-electron chi connectivity index (χ2n) is 5.85. The molecule has 0 N–H and O–H groups in total. The van der Waals surface area contributed by atoms with Crippen LogP contribution in [0, 0.1) is 5.41 Å². The molecule has 0 aromatic carbocycles. The van der Waals surface area contributed by atoms with Gasteiger partial charge in [0, 0.05) is 19.3 Å². The van der Waals surface area contributed by atoms with Crippen LogP contribution in [-0.4, -0.2) is 40.3 Å². The van der Waals surface area contributed by atoms with Gasteiger partial charge < -0.3 is 9.64 Å². The molecule has 0 atom stereocenters. The van der Waals surface area contributed by atoms with Gasteiger partial charge in [0.25, 0.3) is 0 Å². The second kappa shape index (κ2) is 4.47. The lowest BCUT2D eigenvalue weighted by atomic mass is 9.84. The fourth-order valence-corrected chi connectivity index (χ4v) is 2.54. The summed E-state index contributed by atoms with van der Waals surface area (Å²) in [5.74, 6) is 0.499. The van der Waals surface area contributed by atoms with Gasteiger partial charge in [0.1, 0.15) is 11.4 Å². The van der Waals surface area contributed by atoms with E-state index in [-0.39, 0.29) is 5.97 Å². The summed E-state index contributed by atoms with van der Waals surface area (Å²) in [4.78, 5) is 18.6. The molecule has 2 aromatic heterocycles. The van der Waals surface area contributed by atoms with Gasteiger partial charge in [-0.25, -0.2) is 14.3 Å². The van der Waals surface area contributed by atoms with Gasteiger partial charge in [0.15, 0.2) is 5.65 Å². The van der Waals surface area contributed by atoms with Gasteiger partial charge in [-0.3, -0.25) is 0 Å². The molecule has 0 amide bonds. The van der Waals surface area contributed by atoms with Crippen molar-refractivity contribution in [2.75, 3.05) is 24.6 Å². The number of carbonyl (C=O) groups is 1. The summed E-state index contributed by atoms with van der Waals surface area (Å²) in [6.45, 7) is 8.52. The number of anilines is 1. The predicted octanol–water partition coefficient (Wildman–Crippen LogP) is 1.75. The van der Waals surface area contributed by atoms with Crippen LogP contribution in [0.4, 0.5) is 5.82 Å². The SMILES string of the molecule is CCOC(=O)c1cnn2ccc(N3CC(C)(C)C3)nc12. The van der Waals surface area contributed by atoms with Crippen molar-refractivity contribution in [1.82, 2.24) is 14.6 Å². The van der Waals surface area contributed by atoms with Crippen molar-refractivity contribution in [3.63, 3.8) is 0 Å². The number of esters is 1. The lowest BCUT2D eigenvalue weighted by Gasteiger charge is -2.46. The number of ether oxygens (including phenoxy) is 1. The molecular weight excluding hydrogens is 256 g/mol. The third-order valence-electron chi connectivity index (χ3n) is 3.41. The summed E-state index contributed by atoms with van der Waals surface area (Å²) in [7, 11) is 0. The normalized spacial score (nSPS) is 17.1. The summed E-state index contributed by atoms with van der Waals surface area (Å²) in [5.41, 5.74) is 1.29. The maximum absolute atomic E-state index is 11.9. The third kappa shape index (κ3) is 2.11. The highest BCUT2D eigenvalue weighted by Crippen LogP contribution is 2.32. The molecule has 0 saturated carbocycles. The molecule has 0 aliphatic carbocycles. The van der Waals surface area contributed by atoms with Gasteiger partial charge in [-0.15, -0.1) is 0 Å². The van der Waals surface area contributed by atoms with Crippen LogP contribution in [0.3, 0.4) is 0 Å². The Morgan fingerprint density at radius 1 is 1.45 bits per heavy atom. The largest absolute Gasteiger partial charge is 0.462 e. The first-order valence-corrected chi connectivity index (χ1v) is 6.77. The molecule has 2 aromatic rings. The van der Waals surface area contributed by atoms with E-state index in [0.717, 1.165) is 18.9 Å². The maximum atomic E-state index is 11.9. The van der Waals surface area contributed by atoms with E-state index in [2.05, 4.69) is 28.8 Å². The fraction of sp³-hybridized carbons (Fsp3) is 0.500. The molecule has 6 heteroatoms. The molecule has 6 nitrogen and oxygen atoms in total. The Balaban J connectivity index is 1.93. The molecule has 106 valence electrons. The maximum Gasteiger partial charge on any atom is 0.343 e. The van der Waals surface area contributed by atoms with Crippen molar-refractivity contribution in [3.8, 4) is 0 Å². The smallest absolute Gasteiger partial charge is 0.343 e. The molecule has 0 bridgehead atoms. The standard InChI is InChI=1S/C14H18N4O2/c1-4-20-13(19)10-7-15-18-6-5-11(16-12(10)18)17-8-14(2,3)9-17/h5-7H,4,8-9H2,1-3H3. The van der Waals surface area contributed by atoms with E-state index in [4.69, 9.17) is 4.74 Å². The number of fused-ring (bicyclic) bond motifs is 1. The molecular formula is C14H18N4O2. The highest BCUT2D eigenvalue weighted by atomic mass is 16.5. The quantitative estimate of drug-likeness (QED) is 0.798. The summed E-state index contributed by atoms with van der Waals surface area (Å²) in [5, 5.41) is 4.13. The van der Waals surface area contributed by atoms with Crippen molar-refractivity contribution in [3.05, 3.63) is 24.0 Å². The van der Waals surface area contributed by atoms with E-state index in [1.807, 2.05) is 12.3 Å². The van der Waals surface area contributed by atoms with Crippen LogP contribution in [0.2, 0.25) is 0 Å². The number of hydrogen-bond acceptors (Lipinski definition) is 5. The topological polar surface area (TPSA) is 59.7 Å². The van der Waals surface area contributed by atoms with Crippen LogP contribution in [0.25, 0.3) is 5.65 Å². The van der Waals surface area contributed by atoms with E-state index < -0.39 is 0 Å². The Kier molecular flexibility index (Phi) is 2.88. The third-order valence-corrected chi connectivity index (χ3v) is 3.41. The Morgan fingerprint density at radius 3 is 2.85 bits per heavy atom. The Labute approximate surface area is 117 Å². The zero-order valence-electron chi connectivity index (χ0n) is 12.0. The van der Waals surface area contributed by atoms with Crippen LogP contribution < -0.4 is 4.90 Å². The zero-order chi connectivity index (χ0) is 14.3. The monoisotopic (exact) mass is 274 g/mol. The van der Waals surface area contributed by atoms with Crippen LogP contribution in [-0.2, 0) is 4.74 Å². The van der Waals surface area contributed by atoms with Crippen molar-refractivity contribution in [2.45, 2.75) is 20.8 Å². The van der Waals surface area contributed by atoms with Gasteiger partial charge in [0.2, 0.25) is 0 Å². The highest BCUT2D eigenvalue weighted by molar-refractivity contribution is 5.95. The lowest BCUT2D eigenvalue weighted by Crippen LogP contribution is -2.53. The van der Waals surface area contributed by atoms with Crippen LogP contribution in [0.15, 0.2) is 18.5 Å². The molecule has 0 unspecified atom stereocenters. The number of carbonyl (C=O) groups excluding carboxylic acids is 1. The predicted molar refractivity (Wildman–Crippen MR) is 74.9 cm³/mol. The van der Waals surface area contributed by atoms with Gasteiger partial charge in [-0.2, -0.15) is 5.10 Å². The average Bonchev–Trinajstić information content (AvgIpc) is 2.78. The van der Waals surface area contributed by atoms with Crippen LogP contribution >= 0.6 is 0 Å². The summed E-state index contributed by atoms with van der Waals surface area (Å²) in [6.07, 6.45) is 3.33. The van der Waals surface area contributed by atoms with Crippen LogP contribution in [0.1, 0.15) is 31.1 Å². The number of aromatic nitrogens is 3. The van der Waals surface area contributed by atoms with Gasteiger partial charge in [-0.05, 0) is 18.4 Å². The number of rotatable bonds is 3. The first-order valence-electron chi connectivity index (χ1n) is 6.77. The van der Waals surface area contributed by atoms with Gasteiger partial charge in [-0.1, -0.05) is 13.8 Å². The molecule has 1 saturated heterocycles. The zero-order valence-corrected chi connectivity index (χ0v) is 12.0. The molecule has 1 fully saturated rings. The van der Waals surface area contributed by atoms with E-state index >= 15 is 0 Å². The summed E-state index contributed by atoms with van der Waals surface area (Å²) >= 11 is 0. The second-order valence-corrected chi connectivity index (χ2v) is 5.85. The molecule has 1 aliphatic rings. The minimum Gasteiger partial charge on any atom is -0.462 e. The van der Waals surface area contributed by atoms with Crippen molar-refractivity contribution in [1.29, 1.82) is 0 Å². The Bertz CT molecular complexity index is 654. The lowest BCUT2D eigenvalue weighted by molar-refractivity contribution is 0.0528. The first-order chi connectivity index (χ1) is 9.50. The number of nitrogens with zero attached hydrogens (tertiary/aromatic N) is 4. The number of hydrogen-bond donors (Lipinski definition) is 0. The Hall–Kier alpha value is -2.11. The van der Waals surface area contributed by atoms with Crippen molar-refractivity contribution in [2.24, 2.45) is 5.41 Å². The summed E-state index contributed by atoms with van der Waals surface area (Å²) < 4.78 is 6.62. The Morgan fingerprint density at radius 2 is 2.20 bits per heavy atom. The minimum atomic E-state index is -0.379. The molecule has 3 rings (SSSR count). The van der Waals surface area contributed by atoms with E-state index in [1.54, 1.807) is 11.4 Å². The summed E-state index contributed by atoms with van der Waals surface area (Å²) in [6, 6.07) is 1.92. The average molecular weight is 274 g/mol. The molecule has 20 heavy (non-hydrogen) atoms. The molecule has 0 spiro atoms. The fourth-order valence-electron chi connectivity index (χ4n) is 2.54. The van der Waals surface area contributed by atoms with Gasteiger partial charge in [0.05, 0.1) is 12.8 Å². The van der Waals surface area contributed by atoms with Gasteiger partial charge >= 0.3 is 5.97 Å². The highest BCUT2D eigenvalue weighted by Gasteiger charge is 2.35.